The number of fused-ring (bicyclic) bond motifs is 2. The van der Waals surface area contributed by atoms with Crippen LogP contribution in [0.3, 0.4) is 0 Å². The first-order valence-corrected chi connectivity index (χ1v) is 10.0. The SMILES string of the molecule is CC(Oc1ccc(Cl)cc1Cl)C(=O)Nc1ccc2c(=O)c3cccc(Cl)c3oc2c1. The second-order valence-corrected chi connectivity index (χ2v) is 7.83. The van der Waals surface area contributed by atoms with Crippen molar-refractivity contribution >= 4 is 68.3 Å². The number of nitrogens with one attached hydrogen (secondary N) is 1. The van der Waals surface area contributed by atoms with Crippen molar-refractivity contribution in [2.45, 2.75) is 13.0 Å². The molecule has 0 fully saturated rings. The molecule has 3 aromatic carbocycles. The van der Waals surface area contributed by atoms with Crippen LogP contribution in [0.15, 0.2) is 63.8 Å². The molecule has 1 heterocycles. The number of carbonyl (C=O) groups is 1. The zero-order valence-electron chi connectivity index (χ0n) is 15.5. The summed E-state index contributed by atoms with van der Waals surface area (Å²) in [5.41, 5.74) is 0.863. The summed E-state index contributed by atoms with van der Waals surface area (Å²) in [6.45, 7) is 1.59. The summed E-state index contributed by atoms with van der Waals surface area (Å²) in [5.74, 6) is -0.0594. The third-order valence-corrected chi connectivity index (χ3v) is 5.31. The Kier molecular flexibility index (Phi) is 5.60. The predicted molar refractivity (Wildman–Crippen MR) is 120 cm³/mol. The van der Waals surface area contributed by atoms with Crippen LogP contribution in [0.4, 0.5) is 5.69 Å². The highest BCUT2D eigenvalue weighted by molar-refractivity contribution is 6.35. The van der Waals surface area contributed by atoms with Crippen LogP contribution in [-0.4, -0.2) is 12.0 Å². The maximum absolute atomic E-state index is 12.7. The van der Waals surface area contributed by atoms with Crippen molar-refractivity contribution in [3.63, 3.8) is 0 Å². The van der Waals surface area contributed by atoms with E-state index < -0.39 is 12.0 Å². The first-order chi connectivity index (χ1) is 14.3. The van der Waals surface area contributed by atoms with Crippen molar-refractivity contribution in [3.8, 4) is 5.75 Å². The average Bonchev–Trinajstić information content (AvgIpc) is 2.71. The Morgan fingerprint density at radius 2 is 1.80 bits per heavy atom. The number of hydrogen-bond acceptors (Lipinski definition) is 4. The van der Waals surface area contributed by atoms with Gasteiger partial charge in [-0.25, -0.2) is 0 Å². The number of hydrogen-bond donors (Lipinski definition) is 1. The molecule has 4 rings (SSSR count). The molecule has 0 aliphatic carbocycles. The van der Waals surface area contributed by atoms with Gasteiger partial charge in [0, 0.05) is 16.8 Å². The van der Waals surface area contributed by atoms with Crippen molar-refractivity contribution in [2.75, 3.05) is 5.32 Å². The zero-order valence-corrected chi connectivity index (χ0v) is 17.8. The lowest BCUT2D eigenvalue weighted by atomic mass is 10.1. The van der Waals surface area contributed by atoms with E-state index in [0.717, 1.165) is 0 Å². The number of carbonyl (C=O) groups excluding carboxylic acids is 1. The van der Waals surface area contributed by atoms with E-state index in [9.17, 15) is 9.59 Å². The minimum Gasteiger partial charge on any atom is -0.479 e. The number of para-hydroxylation sites is 1. The molecular formula is C22H14Cl3NO4. The molecule has 0 saturated carbocycles. The van der Waals surface area contributed by atoms with Crippen molar-refractivity contribution in [1.82, 2.24) is 0 Å². The summed E-state index contributed by atoms with van der Waals surface area (Å²) in [6, 6.07) is 14.5. The van der Waals surface area contributed by atoms with E-state index in [-0.39, 0.29) is 5.43 Å². The number of rotatable bonds is 4. The standard InChI is InChI=1S/C22H14Cl3NO4/c1-11(29-18-8-5-12(23)9-17(18)25)22(28)26-13-6-7-14-19(10-13)30-21-15(20(14)27)3-2-4-16(21)24/h2-11H,1H3,(H,26,28). The smallest absolute Gasteiger partial charge is 0.265 e. The van der Waals surface area contributed by atoms with Crippen LogP contribution in [0, 0.1) is 0 Å². The van der Waals surface area contributed by atoms with E-state index >= 15 is 0 Å². The molecule has 152 valence electrons. The molecule has 4 aromatic rings. The highest BCUT2D eigenvalue weighted by Crippen LogP contribution is 2.29. The van der Waals surface area contributed by atoms with Crippen LogP contribution in [-0.2, 0) is 4.79 Å². The second kappa shape index (κ2) is 8.19. The molecule has 1 aromatic heterocycles. The van der Waals surface area contributed by atoms with E-state index in [4.69, 9.17) is 44.0 Å². The Bertz CT molecular complexity index is 1350. The summed E-state index contributed by atoms with van der Waals surface area (Å²) < 4.78 is 11.4. The predicted octanol–water partition coefficient (Wildman–Crippen LogP) is 6.31. The number of anilines is 1. The average molecular weight is 463 g/mol. The number of benzene rings is 3. The van der Waals surface area contributed by atoms with Crippen molar-refractivity contribution < 1.29 is 13.9 Å². The largest absolute Gasteiger partial charge is 0.479 e. The summed E-state index contributed by atoms with van der Waals surface area (Å²) in [7, 11) is 0. The van der Waals surface area contributed by atoms with Crippen molar-refractivity contribution in [1.29, 1.82) is 0 Å². The van der Waals surface area contributed by atoms with Gasteiger partial charge in [0.05, 0.1) is 20.8 Å². The first kappa shape index (κ1) is 20.5. The van der Waals surface area contributed by atoms with Crippen LogP contribution in [0.1, 0.15) is 6.92 Å². The third-order valence-electron chi connectivity index (χ3n) is 4.48. The zero-order chi connectivity index (χ0) is 21.4. The molecule has 1 atom stereocenters. The molecule has 0 aliphatic heterocycles. The quantitative estimate of drug-likeness (QED) is 0.361. The Labute approximate surface area is 186 Å². The monoisotopic (exact) mass is 461 g/mol. The Morgan fingerprint density at radius 3 is 2.57 bits per heavy atom. The Morgan fingerprint density at radius 1 is 1.00 bits per heavy atom. The minimum atomic E-state index is -0.836. The Hall–Kier alpha value is -2.73. The van der Waals surface area contributed by atoms with Gasteiger partial charge in [-0.1, -0.05) is 40.9 Å². The molecule has 1 amide bonds. The number of ether oxygens (including phenoxy) is 1. The highest BCUT2D eigenvalue weighted by Gasteiger charge is 2.17. The van der Waals surface area contributed by atoms with Gasteiger partial charge in [0.1, 0.15) is 11.3 Å². The van der Waals surface area contributed by atoms with Gasteiger partial charge in [-0.2, -0.15) is 0 Å². The summed E-state index contributed by atoms with van der Waals surface area (Å²) in [6.07, 6.45) is -0.836. The van der Waals surface area contributed by atoms with Gasteiger partial charge in [0.25, 0.3) is 5.91 Å². The van der Waals surface area contributed by atoms with Gasteiger partial charge in [0.2, 0.25) is 5.43 Å². The molecule has 1 N–H and O–H groups in total. The van der Waals surface area contributed by atoms with Crippen LogP contribution >= 0.6 is 34.8 Å². The summed E-state index contributed by atoms with van der Waals surface area (Å²) in [4.78, 5) is 25.2. The topological polar surface area (TPSA) is 68.5 Å². The van der Waals surface area contributed by atoms with E-state index in [1.54, 1.807) is 55.5 Å². The fourth-order valence-electron chi connectivity index (χ4n) is 2.98. The van der Waals surface area contributed by atoms with Gasteiger partial charge in [-0.05, 0) is 49.4 Å². The van der Waals surface area contributed by atoms with Gasteiger partial charge in [-0.3, -0.25) is 9.59 Å². The maximum atomic E-state index is 12.7. The lowest BCUT2D eigenvalue weighted by Gasteiger charge is -2.16. The van der Waals surface area contributed by atoms with Crippen molar-refractivity contribution in [3.05, 3.63) is 79.9 Å². The van der Waals surface area contributed by atoms with Gasteiger partial charge >= 0.3 is 0 Å². The van der Waals surface area contributed by atoms with Crippen LogP contribution < -0.4 is 15.5 Å². The molecule has 1 unspecified atom stereocenters. The minimum absolute atomic E-state index is 0.194. The van der Waals surface area contributed by atoms with Crippen LogP contribution in [0.5, 0.6) is 5.75 Å². The van der Waals surface area contributed by atoms with E-state index in [1.807, 2.05) is 0 Å². The fourth-order valence-corrected chi connectivity index (χ4v) is 3.64. The molecule has 0 bridgehead atoms. The number of halogens is 3. The van der Waals surface area contributed by atoms with E-state index in [2.05, 4.69) is 5.32 Å². The molecule has 0 aliphatic rings. The summed E-state index contributed by atoms with van der Waals surface area (Å²) in [5, 5.41) is 4.63. The first-order valence-electron chi connectivity index (χ1n) is 8.91. The Balaban J connectivity index is 1.60. The van der Waals surface area contributed by atoms with Crippen LogP contribution in [0.25, 0.3) is 21.9 Å². The van der Waals surface area contributed by atoms with Gasteiger partial charge in [-0.15, -0.1) is 0 Å². The second-order valence-electron chi connectivity index (χ2n) is 6.58. The molecular weight excluding hydrogens is 449 g/mol. The molecule has 0 radical (unpaired) electrons. The van der Waals surface area contributed by atoms with Crippen LogP contribution in [0.2, 0.25) is 15.1 Å². The molecule has 0 saturated heterocycles. The fraction of sp³-hybridized carbons (Fsp3) is 0.0909. The molecule has 0 spiro atoms. The van der Waals surface area contributed by atoms with Gasteiger partial charge in [0.15, 0.2) is 11.7 Å². The van der Waals surface area contributed by atoms with E-state index in [1.165, 1.54) is 6.07 Å². The van der Waals surface area contributed by atoms with Gasteiger partial charge < -0.3 is 14.5 Å². The molecule has 8 heteroatoms. The van der Waals surface area contributed by atoms with Crippen molar-refractivity contribution in [2.24, 2.45) is 0 Å². The summed E-state index contributed by atoms with van der Waals surface area (Å²) >= 11 is 18.1. The number of amides is 1. The lowest BCUT2D eigenvalue weighted by molar-refractivity contribution is -0.122. The lowest BCUT2D eigenvalue weighted by Crippen LogP contribution is -2.30. The normalized spacial score (nSPS) is 12.1. The third kappa shape index (κ3) is 3.97. The molecule has 5 nitrogen and oxygen atoms in total. The molecule has 30 heavy (non-hydrogen) atoms. The van der Waals surface area contributed by atoms with E-state index in [0.29, 0.717) is 48.4 Å². The highest BCUT2D eigenvalue weighted by atomic mass is 35.5. The maximum Gasteiger partial charge on any atom is 0.265 e.